The molecule has 2 atom stereocenters. The van der Waals surface area contributed by atoms with Gasteiger partial charge in [0.25, 0.3) is 0 Å². The maximum Gasteiger partial charge on any atom is 0.0826 e. The van der Waals surface area contributed by atoms with Crippen LogP contribution in [0.3, 0.4) is 0 Å². The predicted octanol–water partition coefficient (Wildman–Crippen LogP) is -0.0938. The van der Waals surface area contributed by atoms with E-state index < -0.39 is 0 Å². The smallest absolute Gasteiger partial charge is 0.0826 e. The van der Waals surface area contributed by atoms with Gasteiger partial charge in [0.15, 0.2) is 0 Å². The van der Waals surface area contributed by atoms with Gasteiger partial charge in [-0.1, -0.05) is 0 Å². The molecule has 0 aliphatic carbocycles. The van der Waals surface area contributed by atoms with E-state index in [2.05, 4.69) is 22.6 Å². The van der Waals surface area contributed by atoms with Gasteiger partial charge in [-0.3, -0.25) is 0 Å². The van der Waals surface area contributed by atoms with Crippen LogP contribution in [0.5, 0.6) is 0 Å². The second-order valence-electron chi connectivity index (χ2n) is 5.13. The van der Waals surface area contributed by atoms with Gasteiger partial charge in [-0.2, -0.15) is 0 Å². The highest BCUT2D eigenvalue weighted by Crippen LogP contribution is 2.08. The van der Waals surface area contributed by atoms with Crippen molar-refractivity contribution < 1.29 is 4.74 Å². The molecule has 2 aliphatic rings. The highest BCUT2D eigenvalue weighted by Gasteiger charge is 2.18. The van der Waals surface area contributed by atoms with E-state index in [0.717, 1.165) is 38.7 Å². The van der Waals surface area contributed by atoms with Gasteiger partial charge >= 0.3 is 0 Å². The van der Waals surface area contributed by atoms with E-state index in [9.17, 15) is 0 Å². The molecule has 2 N–H and O–H groups in total. The minimum atomic E-state index is 0.385. The van der Waals surface area contributed by atoms with E-state index in [4.69, 9.17) is 4.74 Å². The van der Waals surface area contributed by atoms with Crippen molar-refractivity contribution in [2.45, 2.75) is 18.9 Å². The Balaban J connectivity index is 1.56. The summed E-state index contributed by atoms with van der Waals surface area (Å²) in [4.78, 5) is 2.35. The molecule has 4 nitrogen and oxygen atoms in total. The number of piperidine rings is 1. The van der Waals surface area contributed by atoms with Gasteiger partial charge in [-0.05, 0) is 45.4 Å². The first-order valence-electron chi connectivity index (χ1n) is 6.56. The van der Waals surface area contributed by atoms with Crippen molar-refractivity contribution in [3.63, 3.8) is 0 Å². The average Bonchev–Trinajstić information content (AvgIpc) is 2.30. The number of morpholine rings is 1. The van der Waals surface area contributed by atoms with Crippen LogP contribution >= 0.6 is 0 Å². The summed E-state index contributed by atoms with van der Waals surface area (Å²) >= 11 is 0. The molecule has 0 aromatic heterocycles. The maximum atomic E-state index is 5.72. The topological polar surface area (TPSA) is 36.5 Å². The van der Waals surface area contributed by atoms with Gasteiger partial charge in [-0.15, -0.1) is 0 Å². The first-order valence-corrected chi connectivity index (χ1v) is 6.56. The Kier molecular flexibility index (Phi) is 5.03. The standard InChI is InChI=1S/C12H25N3O/c1-15-5-6-16-12(10-15)9-14-8-11-3-2-4-13-7-11/h11-14H,2-10H2,1H3. The Morgan fingerprint density at radius 1 is 1.44 bits per heavy atom. The van der Waals surface area contributed by atoms with Crippen LogP contribution in [0.25, 0.3) is 0 Å². The summed E-state index contributed by atoms with van der Waals surface area (Å²) in [5.74, 6) is 0.815. The first-order chi connectivity index (χ1) is 7.84. The fourth-order valence-electron chi connectivity index (χ4n) is 2.54. The van der Waals surface area contributed by atoms with Gasteiger partial charge in [0, 0.05) is 19.6 Å². The number of nitrogens with one attached hydrogen (secondary N) is 2. The van der Waals surface area contributed by atoms with Crippen molar-refractivity contribution in [3.8, 4) is 0 Å². The SMILES string of the molecule is CN1CCOC(CNCC2CCCNC2)C1. The van der Waals surface area contributed by atoms with Crippen LogP contribution in [-0.4, -0.2) is 63.9 Å². The molecule has 16 heavy (non-hydrogen) atoms. The molecule has 4 heteroatoms. The zero-order valence-electron chi connectivity index (χ0n) is 10.4. The van der Waals surface area contributed by atoms with Crippen LogP contribution in [0.4, 0.5) is 0 Å². The minimum Gasteiger partial charge on any atom is -0.374 e. The third-order valence-corrected chi connectivity index (χ3v) is 3.55. The van der Waals surface area contributed by atoms with E-state index >= 15 is 0 Å². The molecule has 2 saturated heterocycles. The number of hydrogen-bond acceptors (Lipinski definition) is 4. The molecule has 0 amide bonds. The Morgan fingerprint density at radius 3 is 3.12 bits per heavy atom. The molecule has 2 unspecified atom stereocenters. The van der Waals surface area contributed by atoms with E-state index in [1.54, 1.807) is 0 Å². The Hall–Kier alpha value is -0.160. The zero-order valence-corrected chi connectivity index (χ0v) is 10.4. The third-order valence-electron chi connectivity index (χ3n) is 3.55. The first kappa shape index (κ1) is 12.3. The zero-order chi connectivity index (χ0) is 11.2. The third kappa shape index (κ3) is 4.01. The molecular formula is C12H25N3O. The normalized spacial score (nSPS) is 32.8. The van der Waals surface area contributed by atoms with Gasteiger partial charge in [0.2, 0.25) is 0 Å². The summed E-state index contributed by atoms with van der Waals surface area (Å²) in [7, 11) is 2.17. The van der Waals surface area contributed by atoms with Crippen molar-refractivity contribution in [1.29, 1.82) is 0 Å². The van der Waals surface area contributed by atoms with Gasteiger partial charge in [-0.25, -0.2) is 0 Å². The molecule has 2 fully saturated rings. The van der Waals surface area contributed by atoms with Crippen LogP contribution in [0.1, 0.15) is 12.8 Å². The van der Waals surface area contributed by atoms with E-state index in [1.807, 2.05) is 0 Å². The van der Waals surface area contributed by atoms with Crippen LogP contribution in [-0.2, 0) is 4.74 Å². The Bertz CT molecular complexity index is 195. The lowest BCUT2D eigenvalue weighted by Crippen LogP contribution is -2.46. The predicted molar refractivity (Wildman–Crippen MR) is 65.7 cm³/mol. The number of rotatable bonds is 4. The molecule has 0 radical (unpaired) electrons. The van der Waals surface area contributed by atoms with E-state index in [0.29, 0.717) is 6.10 Å². The van der Waals surface area contributed by atoms with Crippen molar-refractivity contribution in [2.75, 3.05) is 52.9 Å². The lowest BCUT2D eigenvalue weighted by Gasteiger charge is -2.31. The van der Waals surface area contributed by atoms with Crippen molar-refractivity contribution in [1.82, 2.24) is 15.5 Å². The maximum absolute atomic E-state index is 5.72. The molecule has 0 bridgehead atoms. The van der Waals surface area contributed by atoms with E-state index in [-0.39, 0.29) is 0 Å². The quantitative estimate of drug-likeness (QED) is 0.703. The molecular weight excluding hydrogens is 202 g/mol. The van der Waals surface area contributed by atoms with Crippen LogP contribution in [0.15, 0.2) is 0 Å². The fraction of sp³-hybridized carbons (Fsp3) is 1.00. The second kappa shape index (κ2) is 6.55. The Morgan fingerprint density at radius 2 is 2.38 bits per heavy atom. The van der Waals surface area contributed by atoms with Crippen molar-refractivity contribution >= 4 is 0 Å². The number of likely N-dealkylation sites (N-methyl/N-ethyl adjacent to an activating group) is 1. The highest BCUT2D eigenvalue weighted by molar-refractivity contribution is 4.74. The second-order valence-corrected chi connectivity index (χ2v) is 5.13. The molecule has 0 saturated carbocycles. The lowest BCUT2D eigenvalue weighted by molar-refractivity contribution is -0.0184. The summed E-state index contributed by atoms with van der Waals surface area (Å²) < 4.78 is 5.72. The summed E-state index contributed by atoms with van der Waals surface area (Å²) in [6, 6.07) is 0. The molecule has 0 spiro atoms. The summed E-state index contributed by atoms with van der Waals surface area (Å²) in [6.45, 7) is 7.54. The van der Waals surface area contributed by atoms with E-state index in [1.165, 1.54) is 25.9 Å². The molecule has 0 aromatic carbocycles. The van der Waals surface area contributed by atoms with Crippen molar-refractivity contribution in [2.24, 2.45) is 5.92 Å². The van der Waals surface area contributed by atoms with Gasteiger partial charge in [0.1, 0.15) is 0 Å². The monoisotopic (exact) mass is 227 g/mol. The van der Waals surface area contributed by atoms with Crippen LogP contribution < -0.4 is 10.6 Å². The average molecular weight is 227 g/mol. The fourth-order valence-corrected chi connectivity index (χ4v) is 2.54. The van der Waals surface area contributed by atoms with Crippen molar-refractivity contribution in [3.05, 3.63) is 0 Å². The lowest BCUT2D eigenvalue weighted by atomic mass is 10.00. The minimum absolute atomic E-state index is 0.385. The van der Waals surface area contributed by atoms with Crippen LogP contribution in [0, 0.1) is 5.92 Å². The Labute approximate surface area is 98.7 Å². The molecule has 2 aliphatic heterocycles. The highest BCUT2D eigenvalue weighted by atomic mass is 16.5. The molecule has 2 rings (SSSR count). The van der Waals surface area contributed by atoms with Gasteiger partial charge < -0.3 is 20.3 Å². The molecule has 0 aromatic rings. The molecule has 94 valence electrons. The summed E-state index contributed by atoms with van der Waals surface area (Å²) in [5, 5.41) is 7.00. The summed E-state index contributed by atoms with van der Waals surface area (Å²) in [6.07, 6.45) is 3.08. The summed E-state index contributed by atoms with van der Waals surface area (Å²) in [5.41, 5.74) is 0. The molecule has 2 heterocycles. The number of nitrogens with zero attached hydrogens (tertiary/aromatic N) is 1. The number of hydrogen-bond donors (Lipinski definition) is 2. The largest absolute Gasteiger partial charge is 0.374 e. The van der Waals surface area contributed by atoms with Gasteiger partial charge in [0.05, 0.1) is 12.7 Å². The number of ether oxygens (including phenoxy) is 1. The van der Waals surface area contributed by atoms with Crippen LogP contribution in [0.2, 0.25) is 0 Å².